The molecule has 2 heterocycles. The van der Waals surface area contributed by atoms with Gasteiger partial charge in [-0.05, 0) is 52.0 Å². The van der Waals surface area contributed by atoms with Crippen LogP contribution in [0.4, 0.5) is 4.39 Å². The summed E-state index contributed by atoms with van der Waals surface area (Å²) in [7, 11) is 0. The van der Waals surface area contributed by atoms with Crippen LogP contribution in [-0.4, -0.2) is 21.9 Å². The van der Waals surface area contributed by atoms with Crippen LogP contribution in [0.1, 0.15) is 24.5 Å². The molecule has 0 unspecified atom stereocenters. The first-order valence-corrected chi connectivity index (χ1v) is 10.00. The number of carbonyl (C=O) groups is 1. The van der Waals surface area contributed by atoms with Crippen molar-refractivity contribution in [3.63, 3.8) is 0 Å². The summed E-state index contributed by atoms with van der Waals surface area (Å²) >= 11 is 6.22. The molecule has 2 aliphatic rings. The van der Waals surface area contributed by atoms with Gasteiger partial charge in [0.15, 0.2) is 0 Å². The Hall–Kier alpha value is -3.25. The number of nitrogens with zero attached hydrogens (tertiary/aromatic N) is 2. The van der Waals surface area contributed by atoms with Gasteiger partial charge in [-0.25, -0.2) is 4.39 Å². The van der Waals surface area contributed by atoms with Crippen LogP contribution in [-0.2, 0) is 17.9 Å². The van der Waals surface area contributed by atoms with E-state index >= 15 is 0 Å². The lowest BCUT2D eigenvalue weighted by Crippen LogP contribution is -2.38. The fraction of sp³-hybridized carbons (Fsp3) is 0.174. The van der Waals surface area contributed by atoms with Crippen LogP contribution in [0.5, 0.6) is 5.75 Å². The van der Waals surface area contributed by atoms with Gasteiger partial charge in [-0.1, -0.05) is 31.2 Å². The minimum Gasteiger partial charge on any atom is -0.489 e. The number of carbonyl (C=O) groups excluding carboxylic acids is 1. The molecule has 0 fully saturated rings. The molecule has 2 aliphatic heterocycles. The standard InChI is InChI=1S/C23H19ClFN3O2/c1-2-19-22(28-20(24)11-12-21(28)27-19)23(29)26-13-15-5-9-18(10-6-15)30-14-16-3-7-17(25)8-4-16/h3-12H,2,13-14H2,1H3/p+1. The van der Waals surface area contributed by atoms with E-state index in [0.717, 1.165) is 16.8 Å². The maximum Gasteiger partial charge on any atom is 0.330 e. The van der Waals surface area contributed by atoms with Crippen molar-refractivity contribution in [2.75, 3.05) is 0 Å². The molecule has 30 heavy (non-hydrogen) atoms. The van der Waals surface area contributed by atoms with Gasteiger partial charge >= 0.3 is 5.82 Å². The zero-order valence-corrected chi connectivity index (χ0v) is 17.1. The number of amides is 1. The molecule has 2 aromatic carbocycles. The summed E-state index contributed by atoms with van der Waals surface area (Å²) < 4.78 is 20.3. The topological polar surface area (TPSA) is 53.7 Å². The second-order valence-electron chi connectivity index (χ2n) is 6.85. The molecule has 1 amide bonds. The highest BCUT2D eigenvalue weighted by atomic mass is 35.5. The van der Waals surface area contributed by atoms with E-state index in [0.29, 0.717) is 42.0 Å². The van der Waals surface area contributed by atoms with E-state index in [9.17, 15) is 9.18 Å². The molecule has 4 rings (SSSR count). The van der Waals surface area contributed by atoms with Crippen LogP contribution in [0.15, 0.2) is 76.7 Å². The Morgan fingerprint density at radius 2 is 1.80 bits per heavy atom. The molecule has 0 atom stereocenters. The maximum atomic E-state index is 13.0. The third kappa shape index (κ3) is 4.19. The van der Waals surface area contributed by atoms with Crippen LogP contribution in [0, 0.1) is 5.82 Å². The molecule has 0 bridgehead atoms. The summed E-state index contributed by atoms with van der Waals surface area (Å²) in [5, 5.41) is 3.40. The summed E-state index contributed by atoms with van der Waals surface area (Å²) in [5.74, 6) is 0.881. The van der Waals surface area contributed by atoms with Gasteiger partial charge in [0.05, 0.1) is 0 Å². The van der Waals surface area contributed by atoms with Gasteiger partial charge in [-0.15, -0.1) is 0 Å². The number of nitrogens with one attached hydrogen (secondary N) is 1. The Bertz CT molecular complexity index is 1100. The second kappa shape index (κ2) is 8.63. The summed E-state index contributed by atoms with van der Waals surface area (Å²) in [4.78, 5) is 17.3. The van der Waals surface area contributed by atoms with Crippen molar-refractivity contribution in [3.8, 4) is 5.75 Å². The van der Waals surface area contributed by atoms with E-state index in [1.807, 2.05) is 31.2 Å². The first-order valence-electron chi connectivity index (χ1n) is 9.62. The van der Waals surface area contributed by atoms with Crippen LogP contribution in [0.25, 0.3) is 0 Å². The summed E-state index contributed by atoms with van der Waals surface area (Å²) in [6.07, 6.45) is 4.16. The van der Waals surface area contributed by atoms with Gasteiger partial charge in [0.1, 0.15) is 18.2 Å². The van der Waals surface area contributed by atoms with Gasteiger partial charge in [0.2, 0.25) is 16.6 Å². The molecule has 0 saturated carbocycles. The third-order valence-electron chi connectivity index (χ3n) is 4.80. The molecular weight excluding hydrogens is 405 g/mol. The van der Waals surface area contributed by atoms with E-state index in [2.05, 4.69) is 10.3 Å². The normalized spacial score (nSPS) is 14.8. The highest BCUT2D eigenvalue weighted by Gasteiger charge is 2.40. The molecule has 2 aromatic rings. The molecule has 0 aliphatic carbocycles. The zero-order valence-electron chi connectivity index (χ0n) is 16.4. The Balaban J connectivity index is 1.35. The number of aliphatic imine (C=N–C) groups is 1. The number of benzene rings is 2. The van der Waals surface area contributed by atoms with Crippen molar-refractivity contribution in [1.82, 2.24) is 5.32 Å². The van der Waals surface area contributed by atoms with Crippen LogP contribution in [0.2, 0.25) is 0 Å². The van der Waals surface area contributed by atoms with Gasteiger partial charge < -0.3 is 10.1 Å². The van der Waals surface area contributed by atoms with E-state index in [1.165, 1.54) is 12.1 Å². The van der Waals surface area contributed by atoms with Crippen molar-refractivity contribution in [2.24, 2.45) is 4.99 Å². The smallest absolute Gasteiger partial charge is 0.330 e. The lowest BCUT2D eigenvalue weighted by atomic mass is 10.1. The lowest BCUT2D eigenvalue weighted by Gasteiger charge is -2.09. The second-order valence-corrected chi connectivity index (χ2v) is 7.24. The average Bonchev–Trinajstić information content (AvgIpc) is 3.31. The Morgan fingerprint density at radius 3 is 2.50 bits per heavy atom. The van der Waals surface area contributed by atoms with E-state index in [1.54, 1.807) is 28.9 Å². The van der Waals surface area contributed by atoms with Gasteiger partial charge in [0.25, 0.3) is 5.91 Å². The number of hydrogen-bond acceptors (Lipinski definition) is 3. The predicted octanol–water partition coefficient (Wildman–Crippen LogP) is 4.27. The van der Waals surface area contributed by atoms with Crippen LogP contribution in [0.3, 0.4) is 0 Å². The first-order chi connectivity index (χ1) is 14.5. The highest BCUT2D eigenvalue weighted by molar-refractivity contribution is 6.66. The fourth-order valence-electron chi connectivity index (χ4n) is 3.23. The van der Waals surface area contributed by atoms with E-state index in [-0.39, 0.29) is 11.7 Å². The molecule has 0 aromatic heterocycles. The number of fused-ring (bicyclic) bond motifs is 1. The Labute approximate surface area is 178 Å². The largest absolute Gasteiger partial charge is 0.489 e. The summed E-state index contributed by atoms with van der Waals surface area (Å²) in [6, 6.07) is 13.7. The highest BCUT2D eigenvalue weighted by Crippen LogP contribution is 2.25. The molecule has 1 N–H and O–H groups in total. The third-order valence-corrected chi connectivity index (χ3v) is 5.10. The molecular formula is C23H20ClFN3O2+. The molecule has 0 radical (unpaired) electrons. The van der Waals surface area contributed by atoms with Crippen LogP contribution < -0.4 is 10.1 Å². The number of hydrogen-bond donors (Lipinski definition) is 1. The van der Waals surface area contributed by atoms with Crippen LogP contribution >= 0.6 is 11.6 Å². The van der Waals surface area contributed by atoms with Crippen molar-refractivity contribution in [3.05, 3.63) is 88.6 Å². The lowest BCUT2D eigenvalue weighted by molar-refractivity contribution is -0.400. The molecule has 7 heteroatoms. The van der Waals surface area contributed by atoms with E-state index in [4.69, 9.17) is 16.3 Å². The van der Waals surface area contributed by atoms with Gasteiger partial charge in [0, 0.05) is 25.1 Å². The molecule has 0 saturated heterocycles. The van der Waals surface area contributed by atoms with Crippen molar-refractivity contribution < 1.29 is 18.5 Å². The molecule has 152 valence electrons. The SMILES string of the molecule is CCC1=NC2=CC=C(Cl)[N+]2=C1C(=O)NCc1ccc(OCc2ccc(F)cc2)cc1. The van der Waals surface area contributed by atoms with Crippen molar-refractivity contribution in [2.45, 2.75) is 26.5 Å². The van der Waals surface area contributed by atoms with E-state index < -0.39 is 0 Å². The van der Waals surface area contributed by atoms with Gasteiger partial charge in [-0.2, -0.15) is 4.58 Å². The summed E-state index contributed by atoms with van der Waals surface area (Å²) in [6.45, 7) is 2.68. The van der Waals surface area contributed by atoms with Crippen molar-refractivity contribution in [1.29, 1.82) is 0 Å². The molecule has 0 spiro atoms. The quantitative estimate of drug-likeness (QED) is 0.533. The number of rotatable bonds is 7. The summed E-state index contributed by atoms with van der Waals surface area (Å²) in [5.41, 5.74) is 3.01. The first kappa shape index (κ1) is 20.0. The minimum absolute atomic E-state index is 0.218. The minimum atomic E-state index is -0.270. The number of ether oxygens (including phenoxy) is 1. The Morgan fingerprint density at radius 1 is 1.10 bits per heavy atom. The maximum absolute atomic E-state index is 13.0. The Kier molecular flexibility index (Phi) is 5.77. The molecule has 5 nitrogen and oxygen atoms in total. The van der Waals surface area contributed by atoms with Gasteiger partial charge in [-0.3, -0.25) is 4.79 Å². The monoisotopic (exact) mass is 424 g/mol. The number of allylic oxidation sites excluding steroid dienone is 2. The number of halogens is 2. The van der Waals surface area contributed by atoms with Crippen molar-refractivity contribution >= 4 is 28.9 Å². The average molecular weight is 425 g/mol. The fourth-order valence-corrected chi connectivity index (χ4v) is 3.46. The predicted molar refractivity (Wildman–Crippen MR) is 114 cm³/mol. The zero-order chi connectivity index (χ0) is 21.1.